The lowest BCUT2D eigenvalue weighted by Crippen LogP contribution is -2.22. The Morgan fingerprint density at radius 3 is 2.33 bits per heavy atom. The molecule has 0 radical (unpaired) electrons. The van der Waals surface area contributed by atoms with Gasteiger partial charge in [0.2, 0.25) is 0 Å². The Bertz CT molecular complexity index is 1180. The summed E-state index contributed by atoms with van der Waals surface area (Å²) < 4.78 is 1.80. The standard InChI is InChI=1S/C26H28N6O/c1-3-31(4-2)18-24-19-32(30-29-24)25-12-8-11-23(17-25)27-21-13-15-22(16-14-21)28-26(33)20-9-6-5-7-10-20/h5-17,19,27H,3-4,18H2,1-2H3,(H,28,33). The summed E-state index contributed by atoms with van der Waals surface area (Å²) in [7, 11) is 0. The van der Waals surface area contributed by atoms with Crippen molar-refractivity contribution in [3.05, 3.63) is 96.3 Å². The molecule has 0 bridgehead atoms. The fourth-order valence-electron chi connectivity index (χ4n) is 3.50. The van der Waals surface area contributed by atoms with E-state index in [9.17, 15) is 4.79 Å². The van der Waals surface area contributed by atoms with Crippen LogP contribution in [0.5, 0.6) is 0 Å². The number of carbonyl (C=O) groups excluding carboxylic acids is 1. The predicted octanol–water partition coefficient (Wildman–Crippen LogP) is 5.11. The van der Waals surface area contributed by atoms with Crippen LogP contribution in [-0.4, -0.2) is 38.9 Å². The van der Waals surface area contributed by atoms with Crippen LogP contribution < -0.4 is 10.6 Å². The van der Waals surface area contributed by atoms with Gasteiger partial charge in [-0.2, -0.15) is 0 Å². The van der Waals surface area contributed by atoms with Crippen LogP contribution in [0.4, 0.5) is 17.1 Å². The van der Waals surface area contributed by atoms with Gasteiger partial charge in [0.15, 0.2) is 0 Å². The molecule has 7 nitrogen and oxygen atoms in total. The molecule has 1 aromatic heterocycles. The molecule has 0 atom stereocenters. The summed E-state index contributed by atoms with van der Waals surface area (Å²) in [5, 5.41) is 14.9. The van der Waals surface area contributed by atoms with Gasteiger partial charge in [-0.1, -0.05) is 43.3 Å². The van der Waals surface area contributed by atoms with Crippen molar-refractivity contribution in [2.24, 2.45) is 0 Å². The second-order valence-corrected chi connectivity index (χ2v) is 7.69. The first-order valence-corrected chi connectivity index (χ1v) is 11.1. The van der Waals surface area contributed by atoms with Crippen LogP contribution in [0.15, 0.2) is 85.1 Å². The highest BCUT2D eigenvalue weighted by Gasteiger charge is 2.08. The van der Waals surface area contributed by atoms with Gasteiger partial charge in [-0.25, -0.2) is 4.68 Å². The summed E-state index contributed by atoms with van der Waals surface area (Å²) >= 11 is 0. The van der Waals surface area contributed by atoms with E-state index in [0.717, 1.165) is 48.1 Å². The highest BCUT2D eigenvalue weighted by atomic mass is 16.1. The number of anilines is 3. The molecule has 0 aliphatic rings. The average molecular weight is 441 g/mol. The number of amides is 1. The number of rotatable bonds is 9. The lowest BCUT2D eigenvalue weighted by atomic mass is 10.2. The Morgan fingerprint density at radius 2 is 1.61 bits per heavy atom. The molecular formula is C26H28N6O. The minimum absolute atomic E-state index is 0.128. The molecule has 4 aromatic rings. The van der Waals surface area contributed by atoms with E-state index in [4.69, 9.17) is 0 Å². The average Bonchev–Trinajstić information content (AvgIpc) is 3.33. The van der Waals surface area contributed by atoms with Crippen molar-refractivity contribution in [3.63, 3.8) is 0 Å². The van der Waals surface area contributed by atoms with Gasteiger partial charge in [-0.15, -0.1) is 5.10 Å². The monoisotopic (exact) mass is 440 g/mol. The van der Waals surface area contributed by atoms with Crippen LogP contribution in [0.3, 0.4) is 0 Å². The topological polar surface area (TPSA) is 75.1 Å². The third-order valence-electron chi connectivity index (χ3n) is 5.40. The maximum absolute atomic E-state index is 12.3. The first-order valence-electron chi connectivity index (χ1n) is 11.1. The van der Waals surface area contributed by atoms with Gasteiger partial charge >= 0.3 is 0 Å². The van der Waals surface area contributed by atoms with Crippen LogP contribution in [0, 0.1) is 0 Å². The fourth-order valence-corrected chi connectivity index (χ4v) is 3.50. The van der Waals surface area contributed by atoms with Gasteiger partial charge in [0, 0.05) is 29.2 Å². The van der Waals surface area contributed by atoms with Gasteiger partial charge in [-0.05, 0) is 67.7 Å². The molecule has 0 saturated heterocycles. The SMILES string of the molecule is CCN(CC)Cc1cn(-c2cccc(Nc3ccc(NC(=O)c4ccccc4)cc3)c2)nn1. The van der Waals surface area contributed by atoms with Crippen LogP contribution in [-0.2, 0) is 6.54 Å². The van der Waals surface area contributed by atoms with Crippen molar-refractivity contribution < 1.29 is 4.79 Å². The van der Waals surface area contributed by atoms with E-state index in [0.29, 0.717) is 5.56 Å². The maximum Gasteiger partial charge on any atom is 0.255 e. The first-order chi connectivity index (χ1) is 16.1. The van der Waals surface area contributed by atoms with Crippen LogP contribution >= 0.6 is 0 Å². The molecule has 3 aromatic carbocycles. The molecule has 0 aliphatic carbocycles. The summed E-state index contributed by atoms with van der Waals surface area (Å²) in [4.78, 5) is 14.6. The Morgan fingerprint density at radius 1 is 0.879 bits per heavy atom. The third kappa shape index (κ3) is 5.84. The molecule has 2 N–H and O–H groups in total. The Labute approximate surface area is 194 Å². The Hall–Kier alpha value is -3.97. The molecule has 0 unspecified atom stereocenters. The summed E-state index contributed by atoms with van der Waals surface area (Å²) in [6.45, 7) is 7.05. The number of nitrogens with zero attached hydrogens (tertiary/aromatic N) is 4. The predicted molar refractivity (Wildman–Crippen MR) is 132 cm³/mol. The number of hydrogen-bond acceptors (Lipinski definition) is 5. The highest BCUT2D eigenvalue weighted by molar-refractivity contribution is 6.04. The summed E-state index contributed by atoms with van der Waals surface area (Å²) in [5.41, 5.74) is 5.12. The number of carbonyl (C=O) groups is 1. The minimum Gasteiger partial charge on any atom is -0.355 e. The zero-order chi connectivity index (χ0) is 23.0. The van der Waals surface area contributed by atoms with Crippen LogP contribution in [0.1, 0.15) is 29.9 Å². The van der Waals surface area contributed by atoms with Crippen molar-refractivity contribution >= 4 is 23.0 Å². The molecule has 1 heterocycles. The van der Waals surface area contributed by atoms with Crippen molar-refractivity contribution in [3.8, 4) is 5.69 Å². The van der Waals surface area contributed by atoms with Gasteiger partial charge in [0.1, 0.15) is 0 Å². The largest absolute Gasteiger partial charge is 0.355 e. The molecule has 4 rings (SSSR count). The Kier molecular flexibility index (Phi) is 7.12. The minimum atomic E-state index is -0.128. The number of nitrogens with one attached hydrogen (secondary N) is 2. The normalized spacial score (nSPS) is 10.9. The fraction of sp³-hybridized carbons (Fsp3) is 0.192. The van der Waals surface area contributed by atoms with Gasteiger partial charge in [0.25, 0.3) is 5.91 Å². The first kappa shape index (κ1) is 22.2. The van der Waals surface area contributed by atoms with Crippen LogP contribution in [0.2, 0.25) is 0 Å². The molecule has 7 heteroatoms. The summed E-state index contributed by atoms with van der Waals surface area (Å²) in [6.07, 6.45) is 1.97. The van der Waals surface area contributed by atoms with Gasteiger partial charge in [-0.3, -0.25) is 9.69 Å². The highest BCUT2D eigenvalue weighted by Crippen LogP contribution is 2.21. The van der Waals surface area contributed by atoms with E-state index in [1.54, 1.807) is 16.8 Å². The van der Waals surface area contributed by atoms with Crippen molar-refractivity contribution in [2.75, 3.05) is 23.7 Å². The van der Waals surface area contributed by atoms with Crippen molar-refractivity contribution in [1.82, 2.24) is 19.9 Å². The van der Waals surface area contributed by atoms with Crippen molar-refractivity contribution in [2.45, 2.75) is 20.4 Å². The lowest BCUT2D eigenvalue weighted by Gasteiger charge is -2.15. The zero-order valence-corrected chi connectivity index (χ0v) is 18.9. The van der Waals surface area contributed by atoms with E-state index >= 15 is 0 Å². The molecule has 1 amide bonds. The van der Waals surface area contributed by atoms with Gasteiger partial charge < -0.3 is 10.6 Å². The smallest absolute Gasteiger partial charge is 0.255 e. The summed E-state index contributed by atoms with van der Waals surface area (Å²) in [6, 6.07) is 24.8. The van der Waals surface area contributed by atoms with Crippen molar-refractivity contribution in [1.29, 1.82) is 0 Å². The van der Waals surface area contributed by atoms with E-state index in [-0.39, 0.29) is 5.91 Å². The lowest BCUT2D eigenvalue weighted by molar-refractivity contribution is 0.102. The van der Waals surface area contributed by atoms with Gasteiger partial charge in [0.05, 0.1) is 17.6 Å². The molecular weight excluding hydrogens is 412 g/mol. The molecule has 33 heavy (non-hydrogen) atoms. The zero-order valence-electron chi connectivity index (χ0n) is 18.9. The molecule has 0 fully saturated rings. The van der Waals surface area contributed by atoms with E-state index in [2.05, 4.69) is 39.7 Å². The van der Waals surface area contributed by atoms with E-state index in [1.165, 1.54) is 0 Å². The maximum atomic E-state index is 12.3. The summed E-state index contributed by atoms with van der Waals surface area (Å²) in [5.74, 6) is -0.128. The molecule has 168 valence electrons. The van der Waals surface area contributed by atoms with E-state index in [1.807, 2.05) is 72.9 Å². The molecule has 0 spiro atoms. The molecule has 0 aliphatic heterocycles. The second-order valence-electron chi connectivity index (χ2n) is 7.69. The number of benzene rings is 3. The second kappa shape index (κ2) is 10.6. The molecule has 0 saturated carbocycles. The third-order valence-corrected chi connectivity index (χ3v) is 5.40. The Balaban J connectivity index is 1.40. The van der Waals surface area contributed by atoms with Crippen LogP contribution in [0.25, 0.3) is 5.69 Å². The number of hydrogen-bond donors (Lipinski definition) is 2. The quantitative estimate of drug-likeness (QED) is 0.379. The number of aromatic nitrogens is 3. The van der Waals surface area contributed by atoms with E-state index < -0.39 is 0 Å².